The molecule has 3 heteroatoms. The first-order valence-electron chi connectivity index (χ1n) is 4.38. The minimum atomic E-state index is -4.26. The van der Waals surface area contributed by atoms with Crippen molar-refractivity contribution in [2.75, 3.05) is 0 Å². The zero-order chi connectivity index (χ0) is 10.1. The molecule has 0 saturated heterocycles. The first-order chi connectivity index (χ1) is 5.91. The smallest absolute Gasteiger partial charge is 0.166 e. The Kier molecular flexibility index (Phi) is 2.84. The quantitative estimate of drug-likeness (QED) is 0.589. The molecule has 74 valence electrons. The average molecular weight is 190 g/mol. The Bertz CT molecular complexity index is 235. The predicted molar refractivity (Wildman–Crippen MR) is 46.3 cm³/mol. The van der Waals surface area contributed by atoms with Crippen LogP contribution in [0.2, 0.25) is 0 Å². The maximum Gasteiger partial charge on any atom is 0.416 e. The Labute approximate surface area is 76.1 Å². The Hall–Kier alpha value is -0.730. The fraction of sp³-hybridized carbons (Fsp3) is 0.600. The van der Waals surface area contributed by atoms with Gasteiger partial charge >= 0.3 is 6.18 Å². The molecule has 1 rings (SSSR count). The molecule has 0 aromatic carbocycles. The lowest BCUT2D eigenvalue weighted by Gasteiger charge is -2.20. The van der Waals surface area contributed by atoms with Crippen molar-refractivity contribution in [2.24, 2.45) is 5.92 Å². The Morgan fingerprint density at radius 1 is 1.54 bits per heavy atom. The summed E-state index contributed by atoms with van der Waals surface area (Å²) < 4.78 is 36.7. The number of halogens is 3. The Morgan fingerprint density at radius 3 is 2.62 bits per heavy atom. The predicted octanol–water partition coefficient (Wildman–Crippen LogP) is 3.85. The molecule has 0 nitrogen and oxygen atoms in total. The van der Waals surface area contributed by atoms with Crippen LogP contribution in [0.4, 0.5) is 13.2 Å². The standard InChI is InChI=1S/C10H13F3/c1-7-4-3-5-9(6-7)8(2)10(11,12)13/h6-7H,2-5H2,1H3. The average Bonchev–Trinajstić information content (AvgIpc) is 2.01. The van der Waals surface area contributed by atoms with Gasteiger partial charge in [0.25, 0.3) is 0 Å². The maximum atomic E-state index is 12.2. The second-order valence-corrected chi connectivity index (χ2v) is 3.54. The van der Waals surface area contributed by atoms with E-state index in [0.717, 1.165) is 12.8 Å². The number of allylic oxidation sites excluding steroid dienone is 3. The van der Waals surface area contributed by atoms with Gasteiger partial charge in [-0.25, -0.2) is 0 Å². The molecular weight excluding hydrogens is 177 g/mol. The highest BCUT2D eigenvalue weighted by Crippen LogP contribution is 2.35. The highest BCUT2D eigenvalue weighted by molar-refractivity contribution is 5.33. The Morgan fingerprint density at radius 2 is 2.15 bits per heavy atom. The molecule has 1 aliphatic rings. The molecule has 0 fully saturated rings. The summed E-state index contributed by atoms with van der Waals surface area (Å²) in [6, 6.07) is 0. The summed E-state index contributed by atoms with van der Waals surface area (Å²) in [5, 5.41) is 0. The molecule has 0 N–H and O–H groups in total. The summed E-state index contributed by atoms with van der Waals surface area (Å²) >= 11 is 0. The van der Waals surface area contributed by atoms with Gasteiger partial charge in [-0.3, -0.25) is 0 Å². The highest BCUT2D eigenvalue weighted by atomic mass is 19.4. The van der Waals surface area contributed by atoms with Crippen LogP contribution in [0.5, 0.6) is 0 Å². The molecule has 0 saturated carbocycles. The summed E-state index contributed by atoms with van der Waals surface area (Å²) in [7, 11) is 0. The van der Waals surface area contributed by atoms with Gasteiger partial charge in [0.15, 0.2) is 0 Å². The van der Waals surface area contributed by atoms with Crippen LogP contribution >= 0.6 is 0 Å². The largest absolute Gasteiger partial charge is 0.416 e. The summed E-state index contributed by atoms with van der Waals surface area (Å²) in [5.74, 6) is 0.253. The van der Waals surface area contributed by atoms with Crippen molar-refractivity contribution in [3.05, 3.63) is 23.8 Å². The van der Waals surface area contributed by atoms with Gasteiger partial charge in [0, 0.05) is 0 Å². The second kappa shape index (κ2) is 3.56. The highest BCUT2D eigenvalue weighted by Gasteiger charge is 2.34. The molecule has 13 heavy (non-hydrogen) atoms. The molecule has 0 aliphatic heterocycles. The lowest BCUT2D eigenvalue weighted by molar-refractivity contribution is -0.0893. The van der Waals surface area contributed by atoms with Crippen LogP contribution in [0, 0.1) is 5.92 Å². The molecule has 1 aliphatic carbocycles. The lowest BCUT2D eigenvalue weighted by atomic mass is 9.88. The molecule has 0 radical (unpaired) electrons. The monoisotopic (exact) mass is 190 g/mol. The zero-order valence-corrected chi connectivity index (χ0v) is 7.62. The van der Waals surface area contributed by atoms with Gasteiger partial charge in [-0.05, 0) is 30.8 Å². The number of hydrogen-bond donors (Lipinski definition) is 0. The van der Waals surface area contributed by atoms with Crippen LogP contribution in [-0.4, -0.2) is 6.18 Å². The molecule has 0 aromatic heterocycles. The molecule has 0 aromatic rings. The summed E-state index contributed by atoms with van der Waals surface area (Å²) in [6.45, 7) is 5.02. The van der Waals surface area contributed by atoms with Crippen LogP contribution in [0.3, 0.4) is 0 Å². The van der Waals surface area contributed by atoms with Crippen LogP contribution in [0.25, 0.3) is 0 Å². The summed E-state index contributed by atoms with van der Waals surface area (Å²) in [5.41, 5.74) is -0.287. The SMILES string of the molecule is C=C(C1=CC(C)CCC1)C(F)(F)F. The van der Waals surface area contributed by atoms with E-state index < -0.39 is 11.7 Å². The van der Waals surface area contributed by atoms with Crippen LogP contribution in [-0.2, 0) is 0 Å². The van der Waals surface area contributed by atoms with E-state index in [2.05, 4.69) is 6.58 Å². The van der Waals surface area contributed by atoms with Gasteiger partial charge in [0.1, 0.15) is 0 Å². The zero-order valence-electron chi connectivity index (χ0n) is 7.62. The van der Waals surface area contributed by atoms with Crippen molar-refractivity contribution in [1.29, 1.82) is 0 Å². The molecule has 0 spiro atoms. The van der Waals surface area contributed by atoms with E-state index in [1.807, 2.05) is 6.92 Å². The Balaban J connectivity index is 2.77. The number of alkyl halides is 3. The fourth-order valence-electron chi connectivity index (χ4n) is 1.56. The minimum Gasteiger partial charge on any atom is -0.166 e. The molecule has 0 amide bonds. The third-order valence-electron chi connectivity index (χ3n) is 2.32. The molecule has 1 atom stereocenters. The van der Waals surface area contributed by atoms with Gasteiger partial charge in [-0.1, -0.05) is 19.6 Å². The molecular formula is C10H13F3. The normalized spacial score (nSPS) is 24.0. The lowest BCUT2D eigenvalue weighted by Crippen LogP contribution is -2.15. The third kappa shape index (κ3) is 2.61. The molecule has 1 unspecified atom stereocenters. The number of rotatable bonds is 1. The van der Waals surface area contributed by atoms with Crippen molar-refractivity contribution in [1.82, 2.24) is 0 Å². The molecule has 0 bridgehead atoms. The summed E-state index contributed by atoms with van der Waals surface area (Å²) in [4.78, 5) is 0. The van der Waals surface area contributed by atoms with E-state index in [1.54, 1.807) is 6.08 Å². The van der Waals surface area contributed by atoms with Crippen LogP contribution in [0.1, 0.15) is 26.2 Å². The van der Waals surface area contributed by atoms with Gasteiger partial charge in [-0.15, -0.1) is 0 Å². The van der Waals surface area contributed by atoms with E-state index in [1.165, 1.54) is 0 Å². The van der Waals surface area contributed by atoms with Crippen molar-refractivity contribution >= 4 is 0 Å². The third-order valence-corrected chi connectivity index (χ3v) is 2.32. The van der Waals surface area contributed by atoms with Gasteiger partial charge in [-0.2, -0.15) is 13.2 Å². The van der Waals surface area contributed by atoms with Crippen molar-refractivity contribution in [3.8, 4) is 0 Å². The number of hydrogen-bond acceptors (Lipinski definition) is 0. The minimum absolute atomic E-state index is 0.253. The van der Waals surface area contributed by atoms with Gasteiger partial charge < -0.3 is 0 Å². The van der Waals surface area contributed by atoms with Crippen LogP contribution < -0.4 is 0 Å². The van der Waals surface area contributed by atoms with Crippen molar-refractivity contribution in [2.45, 2.75) is 32.4 Å². The fourth-order valence-corrected chi connectivity index (χ4v) is 1.56. The van der Waals surface area contributed by atoms with E-state index >= 15 is 0 Å². The molecule has 0 heterocycles. The topological polar surface area (TPSA) is 0 Å². The summed E-state index contributed by atoms with van der Waals surface area (Å²) in [6.07, 6.45) is -0.234. The van der Waals surface area contributed by atoms with Crippen LogP contribution in [0.15, 0.2) is 23.8 Å². The second-order valence-electron chi connectivity index (χ2n) is 3.54. The van der Waals surface area contributed by atoms with E-state index in [0.29, 0.717) is 12.0 Å². The van der Waals surface area contributed by atoms with E-state index in [9.17, 15) is 13.2 Å². The first kappa shape index (κ1) is 10.4. The van der Waals surface area contributed by atoms with E-state index in [-0.39, 0.29) is 5.92 Å². The van der Waals surface area contributed by atoms with Crippen molar-refractivity contribution < 1.29 is 13.2 Å². The first-order valence-corrected chi connectivity index (χ1v) is 4.38. The van der Waals surface area contributed by atoms with E-state index in [4.69, 9.17) is 0 Å². The van der Waals surface area contributed by atoms with Crippen molar-refractivity contribution in [3.63, 3.8) is 0 Å². The van der Waals surface area contributed by atoms with Gasteiger partial charge in [0.2, 0.25) is 0 Å². The van der Waals surface area contributed by atoms with Gasteiger partial charge in [0.05, 0.1) is 5.57 Å². The maximum absolute atomic E-state index is 12.2.